The predicted molar refractivity (Wildman–Crippen MR) is 104 cm³/mol. The molecule has 0 atom stereocenters. The molecule has 0 fully saturated rings. The van der Waals surface area contributed by atoms with Crippen molar-refractivity contribution in [1.29, 1.82) is 0 Å². The number of amides is 2. The third-order valence-corrected chi connectivity index (χ3v) is 4.11. The van der Waals surface area contributed by atoms with Crippen molar-refractivity contribution in [2.75, 3.05) is 5.32 Å². The second-order valence-corrected chi connectivity index (χ2v) is 6.79. The Morgan fingerprint density at radius 3 is 2.54 bits per heavy atom. The molecule has 0 radical (unpaired) electrons. The van der Waals surface area contributed by atoms with Crippen LogP contribution in [0.2, 0.25) is 5.02 Å². The molecule has 0 saturated heterocycles. The molecule has 0 aliphatic heterocycles. The third kappa shape index (κ3) is 4.73. The first-order valence-electron chi connectivity index (χ1n) is 8.28. The minimum absolute atomic E-state index is 0.0156. The summed E-state index contributed by atoms with van der Waals surface area (Å²) in [6, 6.07) is 4.75. The molecule has 0 spiro atoms. The van der Waals surface area contributed by atoms with Crippen LogP contribution in [0.15, 0.2) is 24.3 Å². The molecule has 7 heteroatoms. The number of hydrogen-bond donors (Lipinski definition) is 2. The summed E-state index contributed by atoms with van der Waals surface area (Å²) in [7, 11) is 1.85. The van der Waals surface area contributed by atoms with Gasteiger partial charge in [-0.25, -0.2) is 0 Å². The highest BCUT2D eigenvalue weighted by molar-refractivity contribution is 6.31. The van der Waals surface area contributed by atoms with Gasteiger partial charge in [-0.1, -0.05) is 11.6 Å². The lowest BCUT2D eigenvalue weighted by Crippen LogP contribution is -2.31. The monoisotopic (exact) mass is 374 g/mol. The number of rotatable bonds is 5. The van der Waals surface area contributed by atoms with Crippen molar-refractivity contribution in [3.05, 3.63) is 51.8 Å². The molecule has 2 amide bonds. The SMILES string of the molecule is Cc1nn(C)c(C)c1C=CC(=O)Nc1cc(Cl)ccc1C(=O)NC(C)C. The van der Waals surface area contributed by atoms with Crippen LogP contribution < -0.4 is 10.6 Å². The molecule has 2 N–H and O–H groups in total. The van der Waals surface area contributed by atoms with Gasteiger partial charge in [-0.15, -0.1) is 0 Å². The van der Waals surface area contributed by atoms with Gasteiger partial charge < -0.3 is 10.6 Å². The highest BCUT2D eigenvalue weighted by Gasteiger charge is 2.14. The van der Waals surface area contributed by atoms with Gasteiger partial charge in [0, 0.05) is 35.4 Å². The van der Waals surface area contributed by atoms with E-state index in [4.69, 9.17) is 11.6 Å². The zero-order chi connectivity index (χ0) is 19.4. The Labute approximate surface area is 158 Å². The van der Waals surface area contributed by atoms with Crippen LogP contribution in [0.5, 0.6) is 0 Å². The van der Waals surface area contributed by atoms with Gasteiger partial charge in [0.25, 0.3) is 5.91 Å². The van der Waals surface area contributed by atoms with Crippen LogP contribution in [0.4, 0.5) is 5.69 Å². The van der Waals surface area contributed by atoms with E-state index in [0.717, 1.165) is 17.0 Å². The number of benzene rings is 1. The van der Waals surface area contributed by atoms with Gasteiger partial charge in [-0.2, -0.15) is 5.10 Å². The summed E-state index contributed by atoms with van der Waals surface area (Å²) in [5.74, 6) is -0.622. The van der Waals surface area contributed by atoms with E-state index in [1.807, 2.05) is 34.7 Å². The summed E-state index contributed by atoms with van der Waals surface area (Å²) in [5, 5.41) is 10.3. The lowest BCUT2D eigenvalue weighted by Gasteiger charge is -2.13. The first kappa shape index (κ1) is 19.7. The van der Waals surface area contributed by atoms with Gasteiger partial charge in [0.05, 0.1) is 16.9 Å². The van der Waals surface area contributed by atoms with Gasteiger partial charge in [0.15, 0.2) is 0 Å². The van der Waals surface area contributed by atoms with E-state index >= 15 is 0 Å². The van der Waals surface area contributed by atoms with Crippen LogP contribution in [-0.4, -0.2) is 27.6 Å². The average molecular weight is 375 g/mol. The number of carbonyl (C=O) groups excluding carboxylic acids is 2. The quantitative estimate of drug-likeness (QED) is 0.786. The Kier molecular flexibility index (Phi) is 6.21. The van der Waals surface area contributed by atoms with Crippen molar-refractivity contribution >= 4 is 35.2 Å². The van der Waals surface area contributed by atoms with E-state index in [1.165, 1.54) is 6.08 Å². The Morgan fingerprint density at radius 2 is 1.96 bits per heavy atom. The van der Waals surface area contributed by atoms with Crippen LogP contribution >= 0.6 is 11.6 Å². The summed E-state index contributed by atoms with van der Waals surface area (Å²) < 4.78 is 1.76. The molecule has 1 heterocycles. The molecule has 0 unspecified atom stereocenters. The van der Waals surface area contributed by atoms with Gasteiger partial charge in [-0.05, 0) is 52.0 Å². The molecule has 2 aromatic rings. The van der Waals surface area contributed by atoms with Crippen molar-refractivity contribution in [3.63, 3.8) is 0 Å². The molecular formula is C19H23ClN4O2. The molecule has 138 valence electrons. The van der Waals surface area contributed by atoms with Crippen LogP contribution in [0.3, 0.4) is 0 Å². The molecule has 0 aliphatic carbocycles. The lowest BCUT2D eigenvalue weighted by atomic mass is 10.1. The number of nitrogens with zero attached hydrogens (tertiary/aromatic N) is 2. The minimum atomic E-state index is -0.353. The van der Waals surface area contributed by atoms with Crippen molar-refractivity contribution < 1.29 is 9.59 Å². The number of aryl methyl sites for hydroxylation is 2. The van der Waals surface area contributed by atoms with E-state index in [0.29, 0.717) is 16.3 Å². The molecule has 0 aliphatic rings. The highest BCUT2D eigenvalue weighted by atomic mass is 35.5. The molecule has 26 heavy (non-hydrogen) atoms. The molecule has 2 rings (SSSR count). The Morgan fingerprint density at radius 1 is 1.27 bits per heavy atom. The summed E-state index contributed by atoms with van der Waals surface area (Å²) in [6.07, 6.45) is 3.13. The third-order valence-electron chi connectivity index (χ3n) is 3.87. The number of nitrogens with one attached hydrogen (secondary N) is 2. The van der Waals surface area contributed by atoms with E-state index in [9.17, 15) is 9.59 Å². The molecule has 0 bridgehead atoms. The predicted octanol–water partition coefficient (Wildman–Crippen LogP) is 3.48. The van der Waals surface area contributed by atoms with E-state index in [-0.39, 0.29) is 17.9 Å². The fourth-order valence-corrected chi connectivity index (χ4v) is 2.69. The number of aromatic nitrogens is 2. The Hall–Kier alpha value is -2.60. The van der Waals surface area contributed by atoms with Crippen LogP contribution in [0.25, 0.3) is 6.08 Å². The van der Waals surface area contributed by atoms with E-state index < -0.39 is 0 Å². The number of hydrogen-bond acceptors (Lipinski definition) is 3. The van der Waals surface area contributed by atoms with Crippen LogP contribution in [-0.2, 0) is 11.8 Å². The van der Waals surface area contributed by atoms with Gasteiger partial charge >= 0.3 is 0 Å². The first-order chi connectivity index (χ1) is 12.2. The van der Waals surface area contributed by atoms with E-state index in [1.54, 1.807) is 29.0 Å². The molecule has 6 nitrogen and oxygen atoms in total. The number of halogens is 1. The second-order valence-electron chi connectivity index (χ2n) is 6.35. The molecule has 1 aromatic heterocycles. The fraction of sp³-hybridized carbons (Fsp3) is 0.316. The summed E-state index contributed by atoms with van der Waals surface area (Å²) >= 11 is 6.02. The zero-order valence-electron chi connectivity index (χ0n) is 15.6. The second kappa shape index (κ2) is 8.19. The van der Waals surface area contributed by atoms with Gasteiger partial charge in [-0.3, -0.25) is 14.3 Å². The summed E-state index contributed by atoms with van der Waals surface area (Å²) in [6.45, 7) is 7.56. The van der Waals surface area contributed by atoms with Gasteiger partial charge in [0.1, 0.15) is 0 Å². The number of anilines is 1. The molecule has 1 aromatic carbocycles. The fourth-order valence-electron chi connectivity index (χ4n) is 2.52. The average Bonchev–Trinajstić information content (AvgIpc) is 2.77. The first-order valence-corrected chi connectivity index (χ1v) is 8.66. The maximum absolute atomic E-state index is 12.3. The topological polar surface area (TPSA) is 76.0 Å². The number of carbonyl (C=O) groups is 2. The van der Waals surface area contributed by atoms with Crippen molar-refractivity contribution in [3.8, 4) is 0 Å². The molecular weight excluding hydrogens is 352 g/mol. The minimum Gasteiger partial charge on any atom is -0.350 e. The standard InChI is InChI=1S/C19H23ClN4O2/c1-11(2)21-19(26)16-7-6-14(20)10-17(16)22-18(25)9-8-15-12(3)23-24(5)13(15)4/h6-11H,1-5H3,(H,21,26)(H,22,25). The van der Waals surface area contributed by atoms with Gasteiger partial charge in [0.2, 0.25) is 5.91 Å². The normalized spacial score (nSPS) is 11.2. The highest BCUT2D eigenvalue weighted by Crippen LogP contribution is 2.22. The van der Waals surface area contributed by atoms with Crippen molar-refractivity contribution in [1.82, 2.24) is 15.1 Å². The maximum atomic E-state index is 12.3. The van der Waals surface area contributed by atoms with Crippen molar-refractivity contribution in [2.45, 2.75) is 33.7 Å². The zero-order valence-corrected chi connectivity index (χ0v) is 16.3. The Bertz CT molecular complexity index is 869. The molecule has 0 saturated carbocycles. The Balaban J connectivity index is 2.22. The maximum Gasteiger partial charge on any atom is 0.253 e. The summed E-state index contributed by atoms with van der Waals surface area (Å²) in [4.78, 5) is 24.6. The van der Waals surface area contributed by atoms with E-state index in [2.05, 4.69) is 15.7 Å². The largest absolute Gasteiger partial charge is 0.350 e. The van der Waals surface area contributed by atoms with Crippen molar-refractivity contribution in [2.24, 2.45) is 7.05 Å². The van der Waals surface area contributed by atoms with Crippen LogP contribution in [0, 0.1) is 13.8 Å². The smallest absolute Gasteiger partial charge is 0.253 e. The summed E-state index contributed by atoms with van der Waals surface area (Å²) in [5.41, 5.74) is 3.43. The lowest BCUT2D eigenvalue weighted by molar-refractivity contribution is -0.111. The van der Waals surface area contributed by atoms with Crippen LogP contribution in [0.1, 0.15) is 41.2 Å².